The van der Waals surface area contributed by atoms with Gasteiger partial charge >= 0.3 is 0 Å². The summed E-state index contributed by atoms with van der Waals surface area (Å²) in [4.78, 5) is 5.24. The molecule has 11 aromatic rings. The maximum absolute atomic E-state index is 5.24. The van der Waals surface area contributed by atoms with Crippen molar-refractivity contribution in [1.82, 2.24) is 14.0 Å². The van der Waals surface area contributed by atoms with E-state index in [1.54, 1.807) is 0 Å². The van der Waals surface area contributed by atoms with Gasteiger partial charge in [-0.2, -0.15) is 0 Å². The monoisotopic (exact) mass is 583 g/mol. The highest BCUT2D eigenvalue weighted by molar-refractivity contribution is 6.33. The zero-order valence-corrected chi connectivity index (χ0v) is 24.8. The van der Waals surface area contributed by atoms with E-state index in [9.17, 15) is 0 Å². The number of nitrogens with zero attached hydrogens (tertiary/aromatic N) is 3. The largest absolute Gasteiger partial charge is 0.308 e. The van der Waals surface area contributed by atoms with Crippen LogP contribution in [0.15, 0.2) is 152 Å². The van der Waals surface area contributed by atoms with Gasteiger partial charge in [0.05, 0.1) is 27.6 Å². The Kier molecular flexibility index (Phi) is 4.58. The Morgan fingerprint density at radius 3 is 2.04 bits per heavy atom. The van der Waals surface area contributed by atoms with E-state index in [0.29, 0.717) is 0 Å². The molecule has 3 aromatic heterocycles. The van der Waals surface area contributed by atoms with Gasteiger partial charge in [-0.3, -0.25) is 4.57 Å². The third kappa shape index (κ3) is 3.04. The Hall–Kier alpha value is -6.19. The Labute approximate surface area is 263 Å². The Morgan fingerprint density at radius 1 is 0.413 bits per heavy atom. The molecule has 0 atom stereocenters. The summed E-state index contributed by atoms with van der Waals surface area (Å²) in [5, 5.41) is 12.7. The summed E-state index contributed by atoms with van der Waals surface area (Å²) in [5.41, 5.74) is 8.05. The summed E-state index contributed by atoms with van der Waals surface area (Å²) in [5.74, 6) is 0.952. The molecule has 46 heavy (non-hydrogen) atoms. The van der Waals surface area contributed by atoms with Crippen molar-refractivity contribution in [3.8, 4) is 17.1 Å². The van der Waals surface area contributed by atoms with E-state index in [0.717, 1.165) is 28.1 Å². The number of rotatable bonds is 2. The summed E-state index contributed by atoms with van der Waals surface area (Å²) >= 11 is 0. The number of imidazole rings is 1. The first-order valence-electron chi connectivity index (χ1n) is 15.8. The van der Waals surface area contributed by atoms with Crippen molar-refractivity contribution in [2.24, 2.45) is 0 Å². The van der Waals surface area contributed by atoms with Gasteiger partial charge in [0.1, 0.15) is 5.82 Å². The number of hydrogen-bond donors (Lipinski definition) is 0. The zero-order valence-electron chi connectivity index (χ0n) is 24.8. The zero-order chi connectivity index (χ0) is 29.9. The van der Waals surface area contributed by atoms with Crippen LogP contribution in [0.3, 0.4) is 0 Å². The van der Waals surface area contributed by atoms with Crippen molar-refractivity contribution in [2.45, 2.75) is 0 Å². The molecule has 3 heteroatoms. The van der Waals surface area contributed by atoms with E-state index in [-0.39, 0.29) is 0 Å². The molecular formula is C43H25N3. The number of benzene rings is 8. The van der Waals surface area contributed by atoms with Crippen molar-refractivity contribution in [1.29, 1.82) is 0 Å². The average Bonchev–Trinajstić information content (AvgIpc) is 3.62. The second-order valence-corrected chi connectivity index (χ2v) is 12.4. The molecule has 8 aromatic carbocycles. The van der Waals surface area contributed by atoms with Crippen molar-refractivity contribution in [3.05, 3.63) is 152 Å². The standard InChI is InChI=1S/C43H25N3/c1-2-12-29(13-3-1)45-38-19-7-5-17-36(38)44-43(45)33-16-9-11-28-24-39-35(25-34(28)33)32-23-22-27-21-20-26-10-8-15-31-30-14-4-6-18-37(30)46(39)42(32)41(27)40(26)31/h1-25H. The third-order valence-corrected chi connectivity index (χ3v) is 10.0. The van der Waals surface area contributed by atoms with Gasteiger partial charge in [0.15, 0.2) is 0 Å². The minimum atomic E-state index is 0.952. The normalized spacial score (nSPS) is 12.3. The summed E-state index contributed by atoms with van der Waals surface area (Å²) in [6.07, 6.45) is 0. The van der Waals surface area contributed by atoms with Crippen LogP contribution in [0, 0.1) is 0 Å². The highest BCUT2D eigenvalue weighted by Gasteiger charge is 2.21. The van der Waals surface area contributed by atoms with E-state index in [1.165, 1.54) is 70.4 Å². The maximum atomic E-state index is 5.24. The van der Waals surface area contributed by atoms with Crippen molar-refractivity contribution in [3.63, 3.8) is 0 Å². The first-order chi connectivity index (χ1) is 22.8. The van der Waals surface area contributed by atoms with Gasteiger partial charge in [0.2, 0.25) is 0 Å². The molecule has 0 aliphatic carbocycles. The molecule has 0 spiro atoms. The lowest BCUT2D eigenvalue weighted by Crippen LogP contribution is -1.97. The lowest BCUT2D eigenvalue weighted by molar-refractivity contribution is 1.11. The minimum Gasteiger partial charge on any atom is -0.308 e. The van der Waals surface area contributed by atoms with Gasteiger partial charge in [-0.1, -0.05) is 109 Å². The number of para-hydroxylation sites is 4. The molecule has 3 nitrogen and oxygen atoms in total. The summed E-state index contributed by atoms with van der Waals surface area (Å²) in [6.45, 7) is 0. The summed E-state index contributed by atoms with van der Waals surface area (Å²) in [6, 6.07) is 55.2. The van der Waals surface area contributed by atoms with E-state index in [1.807, 2.05) is 0 Å². The smallest absolute Gasteiger partial charge is 0.146 e. The molecule has 0 amide bonds. The summed E-state index contributed by atoms with van der Waals surface area (Å²) in [7, 11) is 0. The molecule has 11 rings (SSSR count). The van der Waals surface area contributed by atoms with Crippen LogP contribution >= 0.6 is 0 Å². The number of aromatic nitrogens is 3. The lowest BCUT2D eigenvalue weighted by Gasteiger charge is -2.12. The van der Waals surface area contributed by atoms with Crippen molar-refractivity contribution >= 4 is 81.4 Å². The second kappa shape index (κ2) is 8.71. The van der Waals surface area contributed by atoms with Gasteiger partial charge in [-0.15, -0.1) is 0 Å². The summed E-state index contributed by atoms with van der Waals surface area (Å²) < 4.78 is 4.82. The average molecular weight is 584 g/mol. The van der Waals surface area contributed by atoms with Gasteiger partial charge < -0.3 is 4.40 Å². The van der Waals surface area contributed by atoms with Crippen LogP contribution in [0.1, 0.15) is 0 Å². The third-order valence-electron chi connectivity index (χ3n) is 10.0. The number of hydrogen-bond acceptors (Lipinski definition) is 1. The quantitative estimate of drug-likeness (QED) is 0.186. The van der Waals surface area contributed by atoms with Crippen LogP contribution in [-0.2, 0) is 0 Å². The fraction of sp³-hybridized carbons (Fsp3) is 0. The molecule has 3 heterocycles. The van der Waals surface area contributed by atoms with Gasteiger partial charge in [-0.25, -0.2) is 4.98 Å². The molecule has 0 saturated carbocycles. The molecule has 0 unspecified atom stereocenters. The molecule has 0 N–H and O–H groups in total. The molecule has 0 radical (unpaired) electrons. The first kappa shape index (κ1) is 24.2. The van der Waals surface area contributed by atoms with Gasteiger partial charge in [0, 0.05) is 32.8 Å². The van der Waals surface area contributed by atoms with Crippen LogP contribution < -0.4 is 0 Å². The minimum absolute atomic E-state index is 0.952. The SMILES string of the molecule is c1ccc(-n2c(-c3cccc4cc5c(cc34)c3ccc4ccc6cccc7c8ccccc8n5c3c4c67)nc3ccccc32)cc1. The van der Waals surface area contributed by atoms with Crippen LogP contribution in [-0.4, -0.2) is 14.0 Å². The first-order valence-corrected chi connectivity index (χ1v) is 15.8. The molecule has 0 aliphatic heterocycles. The highest BCUT2D eigenvalue weighted by atomic mass is 15.1. The second-order valence-electron chi connectivity index (χ2n) is 12.4. The fourth-order valence-corrected chi connectivity index (χ4v) is 8.07. The van der Waals surface area contributed by atoms with Crippen LogP contribution in [0.25, 0.3) is 98.5 Å². The molecular weight excluding hydrogens is 558 g/mol. The molecule has 0 aliphatic rings. The lowest BCUT2D eigenvalue weighted by atomic mass is 9.95. The van der Waals surface area contributed by atoms with Crippen molar-refractivity contribution < 1.29 is 0 Å². The molecule has 0 saturated heterocycles. The predicted molar refractivity (Wildman–Crippen MR) is 194 cm³/mol. The highest BCUT2D eigenvalue weighted by Crippen LogP contribution is 2.44. The topological polar surface area (TPSA) is 22.2 Å². The van der Waals surface area contributed by atoms with Gasteiger partial charge in [0.25, 0.3) is 0 Å². The molecule has 212 valence electrons. The van der Waals surface area contributed by atoms with Crippen LogP contribution in [0.2, 0.25) is 0 Å². The van der Waals surface area contributed by atoms with E-state index >= 15 is 0 Å². The van der Waals surface area contributed by atoms with E-state index < -0.39 is 0 Å². The fourth-order valence-electron chi connectivity index (χ4n) is 8.07. The van der Waals surface area contributed by atoms with E-state index in [2.05, 4.69) is 161 Å². The number of fused-ring (bicyclic) bond motifs is 8. The Balaban J connectivity index is 1.34. The molecule has 0 bridgehead atoms. The van der Waals surface area contributed by atoms with Crippen LogP contribution in [0.4, 0.5) is 0 Å². The Bertz CT molecular complexity index is 3020. The van der Waals surface area contributed by atoms with Crippen LogP contribution in [0.5, 0.6) is 0 Å². The van der Waals surface area contributed by atoms with Gasteiger partial charge in [-0.05, 0) is 74.8 Å². The van der Waals surface area contributed by atoms with E-state index in [4.69, 9.17) is 4.98 Å². The van der Waals surface area contributed by atoms with Crippen molar-refractivity contribution in [2.75, 3.05) is 0 Å². The predicted octanol–water partition coefficient (Wildman–Crippen LogP) is 11.3. The maximum Gasteiger partial charge on any atom is 0.146 e. The molecule has 0 fully saturated rings. The Morgan fingerprint density at radius 2 is 1.13 bits per heavy atom.